The molecule has 10 atom stereocenters. The first-order chi connectivity index (χ1) is 23.5. The first-order valence-electron chi connectivity index (χ1n) is 18.7. The maximum absolute atomic E-state index is 13.8. The van der Waals surface area contributed by atoms with Crippen molar-refractivity contribution in [2.75, 3.05) is 19.5 Å². The van der Waals surface area contributed by atoms with Gasteiger partial charge in [0, 0.05) is 32.5 Å². The molecule has 0 aliphatic carbocycles. The normalized spacial score (nSPS) is 31.6. The number of carbonyl (C=O) groups is 1. The van der Waals surface area contributed by atoms with Crippen LogP contribution in [0.25, 0.3) is 0 Å². The Bertz CT molecular complexity index is 1390. The van der Waals surface area contributed by atoms with Crippen molar-refractivity contribution in [1.82, 2.24) is 0 Å². The van der Waals surface area contributed by atoms with Crippen LogP contribution in [-0.4, -0.2) is 85.2 Å². The summed E-state index contributed by atoms with van der Waals surface area (Å²) in [6.45, 7) is 25.0. The molecule has 1 aromatic rings. The quantitative estimate of drug-likeness (QED) is 0.0901. The Morgan fingerprint density at radius 3 is 2.32 bits per heavy atom. The lowest BCUT2D eigenvalue weighted by atomic mass is 9.83. The van der Waals surface area contributed by atoms with E-state index in [1.807, 2.05) is 6.07 Å². The van der Waals surface area contributed by atoms with Crippen LogP contribution in [0.4, 0.5) is 0 Å². The molecule has 3 heterocycles. The largest absolute Gasteiger partial charge is 0.417 e. The molecule has 3 fully saturated rings. The minimum absolute atomic E-state index is 0.0142. The van der Waals surface area contributed by atoms with Crippen molar-refractivity contribution in [3.63, 3.8) is 0 Å². The highest BCUT2D eigenvalue weighted by molar-refractivity contribution is 7.91. The monoisotopic (exact) mass is 732 g/mol. The molecule has 0 bridgehead atoms. The molecule has 0 radical (unpaired) electrons. The topological polar surface area (TPSA) is 97.4 Å². The third-order valence-corrected chi connectivity index (χ3v) is 18.0. The van der Waals surface area contributed by atoms with Crippen LogP contribution in [-0.2, 0) is 38.0 Å². The molecule has 0 aromatic heterocycles. The minimum atomic E-state index is -3.61. The van der Waals surface area contributed by atoms with E-state index in [9.17, 15) is 13.2 Å². The van der Waals surface area contributed by atoms with E-state index in [4.69, 9.17) is 23.4 Å². The third kappa shape index (κ3) is 10.5. The van der Waals surface area contributed by atoms with Gasteiger partial charge in [-0.15, -0.1) is 0 Å². The fourth-order valence-electron chi connectivity index (χ4n) is 7.52. The van der Waals surface area contributed by atoms with Crippen LogP contribution in [0.15, 0.2) is 59.5 Å². The summed E-state index contributed by atoms with van der Waals surface area (Å²) in [6.07, 6.45) is 5.43. The smallest absolute Gasteiger partial charge is 0.191 e. The molecular formula is C40H64O8SSi. The maximum atomic E-state index is 13.8. The summed E-state index contributed by atoms with van der Waals surface area (Å²) >= 11 is 0. The molecule has 2 unspecified atom stereocenters. The molecule has 4 rings (SSSR count). The minimum Gasteiger partial charge on any atom is -0.417 e. The van der Waals surface area contributed by atoms with Crippen molar-refractivity contribution in [2.45, 2.75) is 152 Å². The van der Waals surface area contributed by atoms with Crippen LogP contribution >= 0.6 is 0 Å². The van der Waals surface area contributed by atoms with Gasteiger partial charge in [0.2, 0.25) is 0 Å². The second-order valence-corrected chi connectivity index (χ2v) is 23.6. The van der Waals surface area contributed by atoms with Gasteiger partial charge in [-0.05, 0) is 91.8 Å². The van der Waals surface area contributed by atoms with Gasteiger partial charge < -0.3 is 28.2 Å². The molecule has 0 amide bonds. The van der Waals surface area contributed by atoms with Crippen molar-refractivity contribution in [2.24, 2.45) is 17.8 Å². The Morgan fingerprint density at radius 1 is 1.00 bits per heavy atom. The average Bonchev–Trinajstić information content (AvgIpc) is 3.57. The van der Waals surface area contributed by atoms with Gasteiger partial charge in [0.15, 0.2) is 18.2 Å². The first kappa shape index (κ1) is 41.1. The predicted molar refractivity (Wildman–Crippen MR) is 202 cm³/mol. The van der Waals surface area contributed by atoms with Gasteiger partial charge in [0.05, 0.1) is 53.4 Å². The van der Waals surface area contributed by atoms with Gasteiger partial charge in [0.1, 0.15) is 6.29 Å². The fourth-order valence-corrected chi connectivity index (χ4v) is 10.3. The van der Waals surface area contributed by atoms with Gasteiger partial charge in [-0.1, -0.05) is 66.0 Å². The number of hydrogen-bond donors (Lipinski definition) is 0. The SMILES string of the molecule is C=C1C[C@H](CCC=O)OC1CC[C@H]1C[C@@H](C)C(=C)C(C[C@@H]2O[C@H](C[C@H](C)CO[Si](C)(C)C(C)(C)C)[C@H](OC)[C@H]2CS(=O)(=O)c2ccccc2)O1. The zero-order valence-electron chi connectivity index (χ0n) is 31.9. The maximum Gasteiger partial charge on any atom is 0.191 e. The summed E-state index contributed by atoms with van der Waals surface area (Å²) in [6, 6.07) is 8.66. The number of sulfone groups is 1. The Hall–Kier alpha value is -1.66. The highest BCUT2D eigenvalue weighted by atomic mass is 32.2. The van der Waals surface area contributed by atoms with Crippen LogP contribution < -0.4 is 0 Å². The average molecular weight is 733 g/mol. The van der Waals surface area contributed by atoms with E-state index >= 15 is 0 Å². The Labute approximate surface area is 303 Å². The number of methoxy groups -OCH3 is 1. The molecule has 0 N–H and O–H groups in total. The molecule has 8 nitrogen and oxygen atoms in total. The summed E-state index contributed by atoms with van der Waals surface area (Å²) in [5, 5.41) is 0.114. The van der Waals surface area contributed by atoms with Crippen LogP contribution in [0.3, 0.4) is 0 Å². The summed E-state index contributed by atoms with van der Waals surface area (Å²) in [7, 11) is -3.87. The van der Waals surface area contributed by atoms with Crippen LogP contribution in [0.2, 0.25) is 18.1 Å². The number of ether oxygens (including phenoxy) is 4. The highest BCUT2D eigenvalue weighted by Gasteiger charge is 2.49. The second kappa shape index (κ2) is 17.4. The lowest BCUT2D eigenvalue weighted by Gasteiger charge is -2.38. The van der Waals surface area contributed by atoms with Gasteiger partial charge in [-0.2, -0.15) is 0 Å². The summed E-state index contributed by atoms with van der Waals surface area (Å²) in [5.41, 5.74) is 2.12. The van der Waals surface area contributed by atoms with E-state index < -0.39 is 24.3 Å². The van der Waals surface area contributed by atoms with Gasteiger partial charge >= 0.3 is 0 Å². The van der Waals surface area contributed by atoms with E-state index in [0.29, 0.717) is 30.8 Å². The zero-order chi connectivity index (χ0) is 36.9. The third-order valence-electron chi connectivity index (χ3n) is 11.7. The summed E-state index contributed by atoms with van der Waals surface area (Å²) < 4.78 is 60.1. The van der Waals surface area contributed by atoms with Crippen molar-refractivity contribution in [3.8, 4) is 0 Å². The molecule has 3 aliphatic rings. The zero-order valence-corrected chi connectivity index (χ0v) is 33.7. The van der Waals surface area contributed by atoms with Crippen molar-refractivity contribution in [1.29, 1.82) is 0 Å². The number of carbonyl (C=O) groups excluding carboxylic acids is 1. The number of benzene rings is 1. The van der Waals surface area contributed by atoms with Crippen LogP contribution in [0.1, 0.15) is 86.0 Å². The Balaban J connectivity index is 1.48. The molecule has 1 aromatic carbocycles. The van der Waals surface area contributed by atoms with Crippen LogP contribution in [0.5, 0.6) is 0 Å². The standard InChI is InChI=1S/C40H64O8SSi/c1-27(25-45-50(9,10)40(5,6)7)21-38-39(44-8)34(26-49(42,43)33-16-12-11-13-17-33)37(48-38)24-36-30(4)28(2)22-32(47-36)18-19-35-29(3)23-31(46-35)15-14-20-41/h11-13,16-17,20,27-28,31-32,34-39H,3-4,14-15,18-19,21-26H2,1-2,5-10H3/t27-,28+,31-,32-,34-,35?,36?,37-,38+,39+/m0/s1. The lowest BCUT2D eigenvalue weighted by Crippen LogP contribution is -2.42. The van der Waals surface area contributed by atoms with E-state index in [1.165, 1.54) is 0 Å². The summed E-state index contributed by atoms with van der Waals surface area (Å²) in [4.78, 5) is 11.2. The van der Waals surface area contributed by atoms with Gasteiger partial charge in [-0.3, -0.25) is 0 Å². The van der Waals surface area contributed by atoms with E-state index in [1.54, 1.807) is 31.4 Å². The molecule has 3 saturated heterocycles. The fraction of sp³-hybridized carbons (Fsp3) is 0.725. The van der Waals surface area contributed by atoms with E-state index in [-0.39, 0.29) is 65.2 Å². The second-order valence-electron chi connectivity index (χ2n) is 16.7. The van der Waals surface area contributed by atoms with Crippen molar-refractivity contribution < 1.29 is 36.6 Å². The molecule has 0 spiro atoms. The number of rotatable bonds is 17. The first-order valence-corrected chi connectivity index (χ1v) is 23.2. The van der Waals surface area contributed by atoms with E-state index in [2.05, 4.69) is 60.9 Å². The molecule has 282 valence electrons. The van der Waals surface area contributed by atoms with E-state index in [0.717, 1.165) is 49.5 Å². The number of aldehydes is 1. The molecule has 50 heavy (non-hydrogen) atoms. The Kier molecular flexibility index (Phi) is 14.3. The molecule has 10 heteroatoms. The van der Waals surface area contributed by atoms with Crippen molar-refractivity contribution in [3.05, 3.63) is 54.6 Å². The predicted octanol–water partition coefficient (Wildman–Crippen LogP) is 8.12. The summed E-state index contributed by atoms with van der Waals surface area (Å²) in [5.74, 6) is -0.000774. The van der Waals surface area contributed by atoms with Gasteiger partial charge in [-0.25, -0.2) is 8.42 Å². The molecule has 3 aliphatic heterocycles. The lowest BCUT2D eigenvalue weighted by molar-refractivity contribution is -0.108. The number of hydrogen-bond acceptors (Lipinski definition) is 8. The van der Waals surface area contributed by atoms with Crippen molar-refractivity contribution >= 4 is 24.4 Å². The van der Waals surface area contributed by atoms with Gasteiger partial charge in [0.25, 0.3) is 0 Å². The molecule has 0 saturated carbocycles. The molecular weight excluding hydrogens is 669 g/mol. The highest BCUT2D eigenvalue weighted by Crippen LogP contribution is 2.42. The van der Waals surface area contributed by atoms with Crippen LogP contribution in [0, 0.1) is 17.8 Å². The Morgan fingerprint density at radius 2 is 1.68 bits per heavy atom.